The van der Waals surface area contributed by atoms with Gasteiger partial charge in [-0.15, -0.1) is 5.10 Å². The molecular formula is C13H14F2N4. The Morgan fingerprint density at radius 3 is 2.79 bits per heavy atom. The highest BCUT2D eigenvalue weighted by atomic mass is 19.3. The van der Waals surface area contributed by atoms with Gasteiger partial charge in [0, 0.05) is 25.1 Å². The summed E-state index contributed by atoms with van der Waals surface area (Å²) in [5.74, 6) is -2.48. The van der Waals surface area contributed by atoms with Crippen LogP contribution < -0.4 is 0 Å². The lowest BCUT2D eigenvalue weighted by Crippen LogP contribution is -2.37. The van der Waals surface area contributed by atoms with E-state index < -0.39 is 5.92 Å². The van der Waals surface area contributed by atoms with E-state index in [-0.39, 0.29) is 18.8 Å². The molecule has 0 bridgehead atoms. The predicted octanol–water partition coefficient (Wildman–Crippen LogP) is 2.69. The fourth-order valence-electron chi connectivity index (χ4n) is 2.37. The first-order valence-corrected chi connectivity index (χ1v) is 6.24. The Bertz CT molecular complexity index is 586. The molecule has 0 saturated heterocycles. The quantitative estimate of drug-likeness (QED) is 0.856. The van der Waals surface area contributed by atoms with Crippen molar-refractivity contribution in [2.75, 3.05) is 0 Å². The van der Waals surface area contributed by atoms with E-state index in [0.717, 1.165) is 11.4 Å². The van der Waals surface area contributed by atoms with Crippen molar-refractivity contribution in [2.45, 2.75) is 32.2 Å². The van der Waals surface area contributed by atoms with Gasteiger partial charge in [-0.3, -0.25) is 9.67 Å². The average molecular weight is 264 g/mol. The molecule has 1 aliphatic carbocycles. The zero-order valence-electron chi connectivity index (χ0n) is 10.6. The van der Waals surface area contributed by atoms with Crippen molar-refractivity contribution in [3.05, 3.63) is 30.1 Å². The summed E-state index contributed by atoms with van der Waals surface area (Å²) in [6, 6.07) is 5.67. The van der Waals surface area contributed by atoms with Crippen LogP contribution in [0, 0.1) is 12.8 Å². The fraction of sp³-hybridized carbons (Fsp3) is 0.462. The van der Waals surface area contributed by atoms with Gasteiger partial charge in [0.15, 0.2) is 0 Å². The van der Waals surface area contributed by atoms with Gasteiger partial charge in [-0.05, 0) is 25.0 Å². The van der Waals surface area contributed by atoms with Gasteiger partial charge < -0.3 is 0 Å². The minimum absolute atomic E-state index is 0.00461. The lowest BCUT2D eigenvalue weighted by molar-refractivity contribution is -0.114. The Morgan fingerprint density at radius 1 is 1.32 bits per heavy atom. The molecule has 0 unspecified atom stereocenters. The van der Waals surface area contributed by atoms with Crippen LogP contribution in [0.1, 0.15) is 18.5 Å². The van der Waals surface area contributed by atoms with Gasteiger partial charge in [-0.25, -0.2) is 8.78 Å². The van der Waals surface area contributed by atoms with Crippen LogP contribution in [-0.2, 0) is 6.54 Å². The van der Waals surface area contributed by atoms with Crippen LogP contribution >= 0.6 is 0 Å². The molecule has 2 heterocycles. The van der Waals surface area contributed by atoms with Crippen LogP contribution in [0.4, 0.5) is 8.78 Å². The van der Waals surface area contributed by atoms with E-state index in [9.17, 15) is 8.78 Å². The highest BCUT2D eigenvalue weighted by Crippen LogP contribution is 2.42. The largest absolute Gasteiger partial charge is 0.252 e. The number of rotatable bonds is 3. The maximum atomic E-state index is 12.8. The van der Waals surface area contributed by atoms with E-state index in [0.29, 0.717) is 12.2 Å². The van der Waals surface area contributed by atoms with Gasteiger partial charge in [-0.2, -0.15) is 0 Å². The van der Waals surface area contributed by atoms with Crippen LogP contribution in [0.5, 0.6) is 0 Å². The number of pyridine rings is 1. The SMILES string of the molecule is Cc1cccc(-c2cn(CC3CC(F)(F)C3)nn2)n1. The molecule has 0 amide bonds. The molecule has 2 aromatic heterocycles. The summed E-state index contributed by atoms with van der Waals surface area (Å²) in [7, 11) is 0. The Labute approximate surface area is 109 Å². The molecule has 0 aromatic carbocycles. The van der Waals surface area contributed by atoms with Crippen molar-refractivity contribution < 1.29 is 8.78 Å². The standard InChI is InChI=1S/C13H14F2N4/c1-9-3-2-4-11(16-9)12-8-19(18-17-12)7-10-5-13(14,15)6-10/h2-4,8,10H,5-7H2,1H3. The molecule has 1 fully saturated rings. The second kappa shape index (κ2) is 4.36. The molecule has 1 saturated carbocycles. The first kappa shape index (κ1) is 12.2. The van der Waals surface area contributed by atoms with E-state index in [2.05, 4.69) is 15.3 Å². The van der Waals surface area contributed by atoms with E-state index in [1.165, 1.54) is 0 Å². The van der Waals surface area contributed by atoms with E-state index in [1.807, 2.05) is 25.1 Å². The topological polar surface area (TPSA) is 43.6 Å². The second-order valence-corrected chi connectivity index (χ2v) is 5.12. The van der Waals surface area contributed by atoms with Crippen molar-refractivity contribution in [1.29, 1.82) is 0 Å². The Hall–Kier alpha value is -1.85. The zero-order chi connectivity index (χ0) is 13.5. The molecule has 1 aliphatic rings. The molecule has 0 atom stereocenters. The number of aryl methyl sites for hydroxylation is 1. The lowest BCUT2D eigenvalue weighted by atomic mass is 9.81. The summed E-state index contributed by atoms with van der Waals surface area (Å²) in [6.07, 6.45) is 1.66. The smallest absolute Gasteiger partial charge is 0.248 e. The van der Waals surface area contributed by atoms with Crippen molar-refractivity contribution in [1.82, 2.24) is 20.0 Å². The molecule has 3 rings (SSSR count). The third kappa shape index (κ3) is 2.62. The molecule has 6 heteroatoms. The van der Waals surface area contributed by atoms with Crippen LogP contribution in [0.25, 0.3) is 11.4 Å². The number of hydrogen-bond acceptors (Lipinski definition) is 3. The maximum absolute atomic E-state index is 12.8. The van der Waals surface area contributed by atoms with Crippen LogP contribution in [0.15, 0.2) is 24.4 Å². The minimum Gasteiger partial charge on any atom is -0.252 e. The van der Waals surface area contributed by atoms with Gasteiger partial charge in [0.25, 0.3) is 0 Å². The molecular weight excluding hydrogens is 250 g/mol. The summed E-state index contributed by atoms with van der Waals surface area (Å²) in [6.45, 7) is 2.40. The first-order valence-electron chi connectivity index (χ1n) is 6.24. The number of alkyl halides is 2. The third-order valence-electron chi connectivity index (χ3n) is 3.31. The predicted molar refractivity (Wildman–Crippen MR) is 65.7 cm³/mol. The minimum atomic E-state index is -2.48. The van der Waals surface area contributed by atoms with Gasteiger partial charge in [0.2, 0.25) is 5.92 Å². The normalized spacial score (nSPS) is 18.3. The van der Waals surface area contributed by atoms with E-state index >= 15 is 0 Å². The fourth-order valence-corrected chi connectivity index (χ4v) is 2.37. The average Bonchev–Trinajstić information content (AvgIpc) is 2.75. The summed E-state index contributed by atoms with van der Waals surface area (Å²) in [5, 5.41) is 8.01. The molecule has 0 N–H and O–H groups in total. The molecule has 100 valence electrons. The molecule has 0 radical (unpaired) electrons. The van der Waals surface area contributed by atoms with E-state index in [4.69, 9.17) is 0 Å². The van der Waals surface area contributed by atoms with Gasteiger partial charge in [0.1, 0.15) is 5.69 Å². The summed E-state index contributed by atoms with van der Waals surface area (Å²) in [4.78, 5) is 4.36. The lowest BCUT2D eigenvalue weighted by Gasteiger charge is -2.34. The van der Waals surface area contributed by atoms with Gasteiger partial charge in [-0.1, -0.05) is 11.3 Å². The third-order valence-corrected chi connectivity index (χ3v) is 3.31. The monoisotopic (exact) mass is 264 g/mol. The summed E-state index contributed by atoms with van der Waals surface area (Å²) in [5.41, 5.74) is 2.34. The molecule has 2 aromatic rings. The number of hydrogen-bond donors (Lipinski definition) is 0. The Kier molecular flexibility index (Phi) is 2.80. The van der Waals surface area contributed by atoms with E-state index in [1.54, 1.807) is 10.9 Å². The first-order chi connectivity index (χ1) is 9.02. The summed E-state index contributed by atoms with van der Waals surface area (Å²) >= 11 is 0. The van der Waals surface area contributed by atoms with Crippen molar-refractivity contribution in [3.63, 3.8) is 0 Å². The Morgan fingerprint density at radius 2 is 2.11 bits per heavy atom. The zero-order valence-corrected chi connectivity index (χ0v) is 10.6. The van der Waals surface area contributed by atoms with Crippen LogP contribution in [-0.4, -0.2) is 25.9 Å². The number of halogens is 2. The van der Waals surface area contributed by atoms with Gasteiger partial charge in [0.05, 0.1) is 11.9 Å². The molecule has 19 heavy (non-hydrogen) atoms. The highest BCUT2D eigenvalue weighted by Gasteiger charge is 2.45. The second-order valence-electron chi connectivity index (χ2n) is 5.12. The van der Waals surface area contributed by atoms with Crippen LogP contribution in [0.2, 0.25) is 0 Å². The van der Waals surface area contributed by atoms with Crippen molar-refractivity contribution >= 4 is 0 Å². The Balaban J connectivity index is 1.70. The molecule has 0 aliphatic heterocycles. The van der Waals surface area contributed by atoms with Crippen LogP contribution in [0.3, 0.4) is 0 Å². The number of nitrogens with zero attached hydrogens (tertiary/aromatic N) is 4. The molecule has 4 nitrogen and oxygen atoms in total. The maximum Gasteiger partial charge on any atom is 0.248 e. The van der Waals surface area contributed by atoms with Gasteiger partial charge >= 0.3 is 0 Å². The number of aromatic nitrogens is 4. The van der Waals surface area contributed by atoms with Crippen molar-refractivity contribution in [3.8, 4) is 11.4 Å². The summed E-state index contributed by atoms with van der Waals surface area (Å²) < 4.78 is 27.1. The van der Waals surface area contributed by atoms with Crippen molar-refractivity contribution in [2.24, 2.45) is 5.92 Å². The highest BCUT2D eigenvalue weighted by molar-refractivity contribution is 5.52. The molecule has 0 spiro atoms.